The maximum Gasteiger partial charge on any atom is 0.221 e. The first-order chi connectivity index (χ1) is 10.2. The second-order valence-corrected chi connectivity index (χ2v) is 4.96. The van der Waals surface area contributed by atoms with Gasteiger partial charge in [-0.1, -0.05) is 25.4 Å². The molecule has 6 nitrogen and oxygen atoms in total. The third-order valence-electron chi connectivity index (χ3n) is 2.65. The molecule has 0 unspecified atom stereocenters. The van der Waals surface area contributed by atoms with E-state index in [1.54, 1.807) is 7.11 Å². The highest BCUT2D eigenvalue weighted by Gasteiger charge is 2.14. The zero-order valence-corrected chi connectivity index (χ0v) is 13.6. The van der Waals surface area contributed by atoms with E-state index in [0.29, 0.717) is 50.7 Å². The van der Waals surface area contributed by atoms with E-state index in [1.165, 1.54) is 6.33 Å². The molecule has 0 spiro atoms. The first-order valence-electron chi connectivity index (χ1n) is 6.94. The SMILES string of the molecule is COCCOCCOCCOc1ncnc(Cl)c1C(C)C. The zero-order valence-electron chi connectivity index (χ0n) is 12.8. The molecule has 1 heterocycles. The molecule has 1 rings (SSSR count). The maximum absolute atomic E-state index is 6.06. The summed E-state index contributed by atoms with van der Waals surface area (Å²) in [5.74, 6) is 0.716. The molecule has 0 N–H and O–H groups in total. The van der Waals surface area contributed by atoms with Gasteiger partial charge in [-0.05, 0) is 5.92 Å². The van der Waals surface area contributed by atoms with Gasteiger partial charge in [-0.3, -0.25) is 0 Å². The highest BCUT2D eigenvalue weighted by molar-refractivity contribution is 6.30. The number of halogens is 1. The summed E-state index contributed by atoms with van der Waals surface area (Å²) in [5, 5.41) is 0.433. The van der Waals surface area contributed by atoms with Crippen LogP contribution in [0.1, 0.15) is 25.3 Å². The van der Waals surface area contributed by atoms with Gasteiger partial charge in [-0.15, -0.1) is 0 Å². The van der Waals surface area contributed by atoms with Crippen molar-refractivity contribution >= 4 is 11.6 Å². The Morgan fingerprint density at radius 2 is 1.62 bits per heavy atom. The molecule has 0 aliphatic rings. The van der Waals surface area contributed by atoms with E-state index in [1.807, 2.05) is 13.8 Å². The summed E-state index contributed by atoms with van der Waals surface area (Å²) >= 11 is 6.06. The summed E-state index contributed by atoms with van der Waals surface area (Å²) in [6, 6.07) is 0. The Labute approximate surface area is 130 Å². The molecule has 0 aliphatic carbocycles. The quantitative estimate of drug-likeness (QED) is 0.461. The number of hydrogen-bond donors (Lipinski definition) is 0. The van der Waals surface area contributed by atoms with Gasteiger partial charge >= 0.3 is 0 Å². The van der Waals surface area contributed by atoms with Crippen LogP contribution >= 0.6 is 11.6 Å². The van der Waals surface area contributed by atoms with Crippen molar-refractivity contribution in [2.24, 2.45) is 0 Å². The zero-order chi connectivity index (χ0) is 15.5. The number of rotatable bonds is 11. The average Bonchev–Trinajstić information content (AvgIpc) is 2.45. The molecule has 7 heteroatoms. The summed E-state index contributed by atoms with van der Waals surface area (Å²) in [5.41, 5.74) is 0.821. The standard InChI is InChI=1S/C14H23ClN2O4/c1-11(2)12-13(15)16-10-17-14(12)21-9-8-20-7-6-19-5-4-18-3/h10-11H,4-9H2,1-3H3. The summed E-state index contributed by atoms with van der Waals surface area (Å²) in [4.78, 5) is 8.09. The van der Waals surface area contributed by atoms with Gasteiger partial charge in [0.15, 0.2) is 0 Å². The molecule has 0 radical (unpaired) electrons. The van der Waals surface area contributed by atoms with Gasteiger partial charge in [0.2, 0.25) is 5.88 Å². The molecule has 120 valence electrons. The predicted molar refractivity (Wildman–Crippen MR) is 80.1 cm³/mol. The summed E-state index contributed by atoms with van der Waals surface area (Å²) in [6.45, 7) is 7.15. The molecule has 1 aromatic rings. The first kappa shape index (κ1) is 18.1. The largest absolute Gasteiger partial charge is 0.475 e. The molecule has 0 bridgehead atoms. The molecule has 21 heavy (non-hydrogen) atoms. The van der Waals surface area contributed by atoms with E-state index in [0.717, 1.165) is 5.56 Å². The van der Waals surface area contributed by atoms with Gasteiger partial charge in [0, 0.05) is 7.11 Å². The van der Waals surface area contributed by atoms with Crippen molar-refractivity contribution in [2.45, 2.75) is 19.8 Å². The van der Waals surface area contributed by atoms with Crippen LogP contribution in [0.2, 0.25) is 5.15 Å². The second kappa shape index (κ2) is 10.7. The van der Waals surface area contributed by atoms with Crippen molar-refractivity contribution in [1.82, 2.24) is 9.97 Å². The summed E-state index contributed by atoms with van der Waals surface area (Å²) in [7, 11) is 1.64. The van der Waals surface area contributed by atoms with E-state index >= 15 is 0 Å². The maximum atomic E-state index is 6.06. The number of aromatic nitrogens is 2. The lowest BCUT2D eigenvalue weighted by Crippen LogP contribution is -2.13. The van der Waals surface area contributed by atoms with Crippen LogP contribution in [0.3, 0.4) is 0 Å². The number of nitrogens with zero attached hydrogens (tertiary/aromatic N) is 2. The third-order valence-corrected chi connectivity index (χ3v) is 2.95. The molecular weight excluding hydrogens is 296 g/mol. The Morgan fingerprint density at radius 3 is 2.24 bits per heavy atom. The lowest BCUT2D eigenvalue weighted by atomic mass is 10.1. The second-order valence-electron chi connectivity index (χ2n) is 4.60. The van der Waals surface area contributed by atoms with E-state index in [-0.39, 0.29) is 5.92 Å². The van der Waals surface area contributed by atoms with Crippen LogP contribution < -0.4 is 4.74 Å². The van der Waals surface area contributed by atoms with E-state index in [4.69, 9.17) is 30.5 Å². The van der Waals surface area contributed by atoms with Crippen LogP contribution in [0.5, 0.6) is 5.88 Å². The van der Waals surface area contributed by atoms with Crippen molar-refractivity contribution in [3.05, 3.63) is 17.0 Å². The number of ether oxygens (including phenoxy) is 4. The average molecular weight is 319 g/mol. The van der Waals surface area contributed by atoms with Gasteiger partial charge in [-0.2, -0.15) is 0 Å². The molecule has 0 aliphatic heterocycles. The fourth-order valence-electron chi connectivity index (χ4n) is 1.62. The van der Waals surface area contributed by atoms with Crippen molar-refractivity contribution in [1.29, 1.82) is 0 Å². The van der Waals surface area contributed by atoms with Gasteiger partial charge in [0.25, 0.3) is 0 Å². The molecule has 0 atom stereocenters. The lowest BCUT2D eigenvalue weighted by molar-refractivity contribution is 0.0175. The minimum absolute atomic E-state index is 0.198. The molecule has 0 saturated heterocycles. The normalized spacial score (nSPS) is 11.1. The lowest BCUT2D eigenvalue weighted by Gasteiger charge is -2.13. The topological polar surface area (TPSA) is 62.7 Å². The van der Waals surface area contributed by atoms with Gasteiger partial charge in [0.1, 0.15) is 18.1 Å². The van der Waals surface area contributed by atoms with Crippen LogP contribution in [0.4, 0.5) is 0 Å². The number of methoxy groups -OCH3 is 1. The molecule has 0 aromatic carbocycles. The molecular formula is C14H23ClN2O4. The monoisotopic (exact) mass is 318 g/mol. The molecule has 1 aromatic heterocycles. The van der Waals surface area contributed by atoms with Crippen LogP contribution in [0.15, 0.2) is 6.33 Å². The number of hydrogen-bond acceptors (Lipinski definition) is 6. The minimum Gasteiger partial charge on any atom is -0.475 e. The van der Waals surface area contributed by atoms with E-state index in [2.05, 4.69) is 9.97 Å². The van der Waals surface area contributed by atoms with E-state index in [9.17, 15) is 0 Å². The van der Waals surface area contributed by atoms with E-state index < -0.39 is 0 Å². The van der Waals surface area contributed by atoms with Crippen LogP contribution in [0.25, 0.3) is 0 Å². The Morgan fingerprint density at radius 1 is 1.00 bits per heavy atom. The van der Waals surface area contributed by atoms with Crippen molar-refractivity contribution in [2.75, 3.05) is 46.8 Å². The van der Waals surface area contributed by atoms with Crippen molar-refractivity contribution < 1.29 is 18.9 Å². The van der Waals surface area contributed by atoms with Crippen LogP contribution in [0, 0.1) is 0 Å². The molecule has 0 amide bonds. The smallest absolute Gasteiger partial charge is 0.221 e. The highest BCUT2D eigenvalue weighted by atomic mass is 35.5. The minimum atomic E-state index is 0.198. The molecule has 0 fully saturated rings. The Balaban J connectivity index is 2.20. The fraction of sp³-hybridized carbons (Fsp3) is 0.714. The Hall–Kier alpha value is -0.950. The Bertz CT molecular complexity index is 405. The van der Waals surface area contributed by atoms with Crippen LogP contribution in [-0.4, -0.2) is 56.7 Å². The fourth-order valence-corrected chi connectivity index (χ4v) is 1.96. The summed E-state index contributed by atoms with van der Waals surface area (Å²) < 4.78 is 21.1. The molecule has 0 saturated carbocycles. The van der Waals surface area contributed by atoms with Crippen molar-refractivity contribution in [3.8, 4) is 5.88 Å². The predicted octanol–water partition coefficient (Wildman–Crippen LogP) is 2.31. The Kier molecular flexibility index (Phi) is 9.25. The van der Waals surface area contributed by atoms with Crippen LogP contribution in [-0.2, 0) is 14.2 Å². The van der Waals surface area contributed by atoms with Crippen molar-refractivity contribution in [3.63, 3.8) is 0 Å². The van der Waals surface area contributed by atoms with Gasteiger partial charge in [0.05, 0.1) is 38.6 Å². The van der Waals surface area contributed by atoms with Gasteiger partial charge < -0.3 is 18.9 Å². The summed E-state index contributed by atoms with van der Waals surface area (Å²) in [6.07, 6.45) is 1.40. The first-order valence-corrected chi connectivity index (χ1v) is 7.32. The van der Waals surface area contributed by atoms with Gasteiger partial charge in [-0.25, -0.2) is 9.97 Å². The highest BCUT2D eigenvalue weighted by Crippen LogP contribution is 2.29. The third kappa shape index (κ3) is 7.04.